The van der Waals surface area contributed by atoms with Crippen LogP contribution in [-0.4, -0.2) is 67.8 Å². The average molecular weight is 366 g/mol. The van der Waals surface area contributed by atoms with Gasteiger partial charge < -0.3 is 35.4 Å². The van der Waals surface area contributed by atoms with Gasteiger partial charge in [0.25, 0.3) is 0 Å². The second-order valence-corrected chi connectivity index (χ2v) is 7.12. The van der Waals surface area contributed by atoms with Crippen LogP contribution in [0.4, 0.5) is 0 Å². The van der Waals surface area contributed by atoms with Gasteiger partial charge in [-0.3, -0.25) is 0 Å². The lowest BCUT2D eigenvalue weighted by molar-refractivity contribution is -0.357. The first-order valence-electron chi connectivity index (χ1n) is 8.88. The van der Waals surface area contributed by atoms with Gasteiger partial charge in [0.05, 0.1) is 12.7 Å². The zero-order valence-electron chi connectivity index (χ0n) is 14.4. The summed E-state index contributed by atoms with van der Waals surface area (Å²) in [6.07, 6.45) is -1.40. The van der Waals surface area contributed by atoms with Crippen molar-refractivity contribution < 1.29 is 35.4 Å². The number of aliphatic hydroxyl groups is 6. The van der Waals surface area contributed by atoms with E-state index in [1.165, 1.54) is 5.57 Å². The Labute approximate surface area is 151 Å². The van der Waals surface area contributed by atoms with Crippen molar-refractivity contribution in [3.05, 3.63) is 41.0 Å². The van der Waals surface area contributed by atoms with Crippen molar-refractivity contribution in [1.29, 1.82) is 0 Å². The number of allylic oxidation sites excluding steroid dienone is 1. The lowest BCUT2D eigenvalue weighted by Crippen LogP contribution is -2.63. The molecule has 144 valence electrons. The molecule has 0 aromatic heterocycles. The minimum Gasteiger partial charge on any atom is -0.394 e. The molecule has 3 rings (SSSR count). The van der Waals surface area contributed by atoms with Crippen molar-refractivity contribution in [1.82, 2.24) is 0 Å². The first-order chi connectivity index (χ1) is 12.3. The molecule has 0 bridgehead atoms. The summed E-state index contributed by atoms with van der Waals surface area (Å²) in [5, 5.41) is 59.9. The summed E-state index contributed by atoms with van der Waals surface area (Å²) in [4.78, 5) is 0. The van der Waals surface area contributed by atoms with Crippen molar-refractivity contribution in [2.45, 2.75) is 62.0 Å². The maximum Gasteiger partial charge on any atom is 0.222 e. The predicted molar refractivity (Wildman–Crippen MR) is 92.8 cm³/mol. The monoisotopic (exact) mass is 366 g/mol. The third-order valence-electron chi connectivity index (χ3n) is 5.23. The van der Waals surface area contributed by atoms with E-state index in [4.69, 9.17) is 4.74 Å². The highest BCUT2D eigenvalue weighted by atomic mass is 16.7. The Bertz CT molecular complexity index is 649. The van der Waals surface area contributed by atoms with Gasteiger partial charge in [0.1, 0.15) is 24.4 Å². The molecule has 1 heterocycles. The Morgan fingerprint density at radius 3 is 2.42 bits per heavy atom. The highest BCUT2D eigenvalue weighted by Crippen LogP contribution is 2.37. The minimum absolute atomic E-state index is 0.222. The lowest BCUT2D eigenvalue weighted by atomic mass is 9.87. The van der Waals surface area contributed by atoms with Crippen LogP contribution in [0.2, 0.25) is 0 Å². The number of ether oxygens (including phenoxy) is 1. The lowest BCUT2D eigenvalue weighted by Gasteiger charge is -2.45. The highest BCUT2D eigenvalue weighted by molar-refractivity contribution is 5.54. The fourth-order valence-electron chi connectivity index (χ4n) is 3.60. The summed E-state index contributed by atoms with van der Waals surface area (Å²) in [7, 11) is 0. The number of benzene rings is 1. The number of aliphatic hydroxyl groups excluding tert-OH is 5. The van der Waals surface area contributed by atoms with E-state index in [-0.39, 0.29) is 11.7 Å². The summed E-state index contributed by atoms with van der Waals surface area (Å²) >= 11 is 0. The largest absolute Gasteiger partial charge is 0.394 e. The highest BCUT2D eigenvalue weighted by Gasteiger charge is 2.53. The normalized spacial score (nSPS) is 38.2. The van der Waals surface area contributed by atoms with Gasteiger partial charge in [-0.2, -0.15) is 0 Å². The molecular formula is C19H26O7. The van der Waals surface area contributed by atoms with Crippen LogP contribution in [0.5, 0.6) is 0 Å². The Balaban J connectivity index is 1.87. The molecule has 26 heavy (non-hydrogen) atoms. The van der Waals surface area contributed by atoms with Gasteiger partial charge >= 0.3 is 0 Å². The van der Waals surface area contributed by atoms with Crippen molar-refractivity contribution in [3.63, 3.8) is 0 Å². The maximum atomic E-state index is 10.9. The topological polar surface area (TPSA) is 131 Å². The molecule has 0 spiro atoms. The fourth-order valence-corrected chi connectivity index (χ4v) is 3.60. The van der Waals surface area contributed by atoms with E-state index in [0.29, 0.717) is 0 Å². The Morgan fingerprint density at radius 1 is 1.08 bits per heavy atom. The molecule has 1 aromatic rings. The van der Waals surface area contributed by atoms with Crippen molar-refractivity contribution >= 4 is 6.08 Å². The standard InChI is InChI=1S/C19H26O7/c20-10-15-16(22)17(23)18(24)19(25,26-15)13-3-1-2-12(9-13)8-11-4-6-14(21)7-5-11/h1-3,8-9,14-18,20-25H,4-7,10H2/t14?,15-,16-,17+,18-,19+/m1/s1. The molecule has 7 nitrogen and oxygen atoms in total. The quantitative estimate of drug-likeness (QED) is 0.430. The molecular weight excluding hydrogens is 340 g/mol. The Hall–Kier alpha value is -1.32. The zero-order valence-corrected chi connectivity index (χ0v) is 14.4. The second-order valence-electron chi connectivity index (χ2n) is 7.12. The van der Waals surface area contributed by atoms with Crippen LogP contribution in [0.25, 0.3) is 6.08 Å². The summed E-state index contributed by atoms with van der Waals surface area (Å²) in [6.45, 7) is -0.612. The van der Waals surface area contributed by atoms with E-state index < -0.39 is 36.8 Å². The van der Waals surface area contributed by atoms with Gasteiger partial charge in [0.2, 0.25) is 5.79 Å². The van der Waals surface area contributed by atoms with Gasteiger partial charge in [-0.15, -0.1) is 0 Å². The molecule has 1 aliphatic carbocycles. The summed E-state index contributed by atoms with van der Waals surface area (Å²) in [6, 6.07) is 6.72. The first kappa shape index (κ1) is 19.4. The second kappa shape index (κ2) is 7.74. The number of hydrogen-bond donors (Lipinski definition) is 6. The third kappa shape index (κ3) is 3.70. The molecule has 6 N–H and O–H groups in total. The van der Waals surface area contributed by atoms with Crippen LogP contribution in [0, 0.1) is 0 Å². The van der Waals surface area contributed by atoms with Crippen molar-refractivity contribution in [2.75, 3.05) is 6.61 Å². The van der Waals surface area contributed by atoms with E-state index in [0.717, 1.165) is 31.2 Å². The predicted octanol–water partition coefficient (Wildman–Crippen LogP) is -0.376. The Kier molecular flexibility index (Phi) is 5.78. The van der Waals surface area contributed by atoms with Gasteiger partial charge in [0.15, 0.2) is 0 Å². The molecule has 1 saturated heterocycles. The van der Waals surface area contributed by atoms with E-state index >= 15 is 0 Å². The van der Waals surface area contributed by atoms with Gasteiger partial charge in [-0.1, -0.05) is 29.8 Å². The van der Waals surface area contributed by atoms with Gasteiger partial charge in [0, 0.05) is 5.56 Å². The van der Waals surface area contributed by atoms with Crippen LogP contribution >= 0.6 is 0 Å². The van der Waals surface area contributed by atoms with Crippen LogP contribution < -0.4 is 0 Å². The molecule has 2 fully saturated rings. The van der Waals surface area contributed by atoms with E-state index in [1.54, 1.807) is 18.2 Å². The number of hydrogen-bond acceptors (Lipinski definition) is 7. The minimum atomic E-state index is -2.25. The van der Waals surface area contributed by atoms with Crippen LogP contribution in [0.15, 0.2) is 29.8 Å². The van der Waals surface area contributed by atoms with Crippen molar-refractivity contribution in [3.8, 4) is 0 Å². The van der Waals surface area contributed by atoms with Crippen molar-refractivity contribution in [2.24, 2.45) is 0 Å². The van der Waals surface area contributed by atoms with Crippen LogP contribution in [0.3, 0.4) is 0 Å². The molecule has 5 atom stereocenters. The molecule has 0 unspecified atom stereocenters. The maximum absolute atomic E-state index is 10.9. The SMILES string of the molecule is OC[C@H]1O[C@@](O)(c2cccc(C=C3CCC(O)CC3)c2)[C@H](O)[C@@H](O)[C@@H]1O. The molecule has 1 aliphatic heterocycles. The van der Waals surface area contributed by atoms with Crippen LogP contribution in [0.1, 0.15) is 36.8 Å². The van der Waals surface area contributed by atoms with Crippen LogP contribution in [-0.2, 0) is 10.5 Å². The summed E-state index contributed by atoms with van der Waals surface area (Å²) < 4.78 is 5.35. The van der Waals surface area contributed by atoms with Gasteiger partial charge in [-0.05, 0) is 37.3 Å². The van der Waals surface area contributed by atoms with Gasteiger partial charge in [-0.25, -0.2) is 0 Å². The zero-order chi connectivity index (χ0) is 18.9. The fraction of sp³-hybridized carbons (Fsp3) is 0.579. The molecule has 1 saturated carbocycles. The summed E-state index contributed by atoms with van der Waals surface area (Å²) in [5.41, 5.74) is 2.20. The Morgan fingerprint density at radius 2 is 1.77 bits per heavy atom. The number of rotatable bonds is 3. The third-order valence-corrected chi connectivity index (χ3v) is 5.23. The smallest absolute Gasteiger partial charge is 0.222 e. The van der Waals surface area contributed by atoms with E-state index in [1.807, 2.05) is 12.1 Å². The molecule has 0 amide bonds. The molecule has 1 aromatic carbocycles. The van der Waals surface area contributed by atoms with E-state index in [9.17, 15) is 30.6 Å². The molecule has 7 heteroatoms. The first-order valence-corrected chi connectivity index (χ1v) is 8.88. The molecule has 0 radical (unpaired) electrons. The molecule has 2 aliphatic rings. The summed E-state index contributed by atoms with van der Waals surface area (Å²) in [5.74, 6) is -2.25. The average Bonchev–Trinajstić information content (AvgIpc) is 2.65. The van der Waals surface area contributed by atoms with E-state index in [2.05, 4.69) is 0 Å².